The lowest BCUT2D eigenvalue weighted by Crippen LogP contribution is -2.30. The molecule has 0 aromatic carbocycles. The number of nitrogens with two attached hydrogens (primary N) is 1. The van der Waals surface area contributed by atoms with Crippen LogP contribution in [-0.2, 0) is 0 Å². The van der Waals surface area contributed by atoms with Crippen molar-refractivity contribution >= 4 is 11.9 Å². The third kappa shape index (κ3) is 2.29. The summed E-state index contributed by atoms with van der Waals surface area (Å²) in [5.74, 6) is -0.0669. The van der Waals surface area contributed by atoms with E-state index in [2.05, 4.69) is 20.2 Å². The Morgan fingerprint density at radius 2 is 2.11 bits per heavy atom. The van der Waals surface area contributed by atoms with Gasteiger partial charge in [0.1, 0.15) is 0 Å². The Balaban J connectivity index is 2.16. The Bertz CT molecular complexity index is 537. The SMILES string of the molecule is CC(c1ccncc1)N(C)C(=O)c1nc(N)n[nH]1. The lowest BCUT2D eigenvalue weighted by Gasteiger charge is -2.24. The summed E-state index contributed by atoms with van der Waals surface area (Å²) >= 11 is 0. The lowest BCUT2D eigenvalue weighted by atomic mass is 10.1. The number of hydrogen-bond acceptors (Lipinski definition) is 5. The molecule has 1 amide bonds. The van der Waals surface area contributed by atoms with E-state index in [0.29, 0.717) is 0 Å². The van der Waals surface area contributed by atoms with Crippen molar-refractivity contribution in [1.29, 1.82) is 0 Å². The van der Waals surface area contributed by atoms with E-state index in [1.165, 1.54) is 0 Å². The molecule has 0 aliphatic heterocycles. The van der Waals surface area contributed by atoms with E-state index in [1.54, 1.807) is 24.3 Å². The van der Waals surface area contributed by atoms with Crippen molar-refractivity contribution in [2.24, 2.45) is 0 Å². The first kappa shape index (κ1) is 12.0. The molecule has 0 saturated heterocycles. The molecule has 0 aliphatic carbocycles. The van der Waals surface area contributed by atoms with Gasteiger partial charge in [-0.15, -0.1) is 5.10 Å². The highest BCUT2D eigenvalue weighted by Gasteiger charge is 2.21. The van der Waals surface area contributed by atoms with Crippen LogP contribution >= 0.6 is 0 Å². The maximum atomic E-state index is 12.1. The third-order valence-corrected chi connectivity index (χ3v) is 2.80. The van der Waals surface area contributed by atoms with Crippen LogP contribution in [0.2, 0.25) is 0 Å². The monoisotopic (exact) mass is 246 g/mol. The number of amides is 1. The van der Waals surface area contributed by atoms with Crippen LogP contribution in [0.4, 0.5) is 5.95 Å². The Hall–Kier alpha value is -2.44. The molecule has 0 saturated carbocycles. The van der Waals surface area contributed by atoms with Crippen LogP contribution in [0.3, 0.4) is 0 Å². The second kappa shape index (κ2) is 4.82. The second-order valence-corrected chi connectivity index (χ2v) is 3.91. The molecule has 2 aromatic heterocycles. The number of nitrogens with one attached hydrogen (secondary N) is 1. The number of aromatic nitrogens is 4. The number of nitrogen functional groups attached to an aromatic ring is 1. The van der Waals surface area contributed by atoms with Gasteiger partial charge >= 0.3 is 0 Å². The van der Waals surface area contributed by atoms with Crippen molar-refractivity contribution in [1.82, 2.24) is 25.1 Å². The fourth-order valence-corrected chi connectivity index (χ4v) is 1.58. The van der Waals surface area contributed by atoms with Crippen molar-refractivity contribution in [3.05, 3.63) is 35.9 Å². The molecule has 94 valence electrons. The van der Waals surface area contributed by atoms with Gasteiger partial charge in [0.15, 0.2) is 0 Å². The van der Waals surface area contributed by atoms with Gasteiger partial charge in [-0.1, -0.05) is 0 Å². The molecule has 7 heteroatoms. The molecule has 3 N–H and O–H groups in total. The molecule has 2 aromatic rings. The van der Waals surface area contributed by atoms with Gasteiger partial charge in [0.25, 0.3) is 5.91 Å². The summed E-state index contributed by atoms with van der Waals surface area (Å²) in [4.78, 5) is 21.4. The standard InChI is InChI=1S/C11H14N6O/c1-7(8-3-5-13-6-4-8)17(2)10(18)9-14-11(12)16-15-9/h3-7H,1-2H3,(H3,12,14,15,16). The molecule has 2 rings (SSSR count). The number of hydrogen-bond donors (Lipinski definition) is 2. The highest BCUT2D eigenvalue weighted by molar-refractivity contribution is 5.90. The zero-order valence-electron chi connectivity index (χ0n) is 10.2. The maximum absolute atomic E-state index is 12.1. The minimum absolute atomic E-state index is 0.0586. The topological polar surface area (TPSA) is 101 Å². The average molecular weight is 246 g/mol. The largest absolute Gasteiger partial charge is 0.366 e. The molecule has 0 radical (unpaired) electrons. The number of pyridine rings is 1. The Kier molecular flexibility index (Phi) is 3.22. The van der Waals surface area contributed by atoms with Gasteiger partial charge in [0.05, 0.1) is 6.04 Å². The molecule has 0 fully saturated rings. The van der Waals surface area contributed by atoms with E-state index in [9.17, 15) is 4.79 Å². The summed E-state index contributed by atoms with van der Waals surface area (Å²) in [6, 6.07) is 3.64. The molecule has 0 spiro atoms. The smallest absolute Gasteiger partial charge is 0.291 e. The minimum Gasteiger partial charge on any atom is -0.366 e. The van der Waals surface area contributed by atoms with Crippen LogP contribution in [0.5, 0.6) is 0 Å². The minimum atomic E-state index is -0.261. The van der Waals surface area contributed by atoms with Crippen LogP contribution in [0.1, 0.15) is 29.1 Å². The maximum Gasteiger partial charge on any atom is 0.291 e. The number of rotatable bonds is 3. The fraction of sp³-hybridized carbons (Fsp3) is 0.273. The van der Waals surface area contributed by atoms with Crippen molar-refractivity contribution in [3.8, 4) is 0 Å². The van der Waals surface area contributed by atoms with Gasteiger partial charge in [-0.05, 0) is 24.6 Å². The number of anilines is 1. The average Bonchev–Trinajstić information content (AvgIpc) is 2.84. The van der Waals surface area contributed by atoms with Crippen molar-refractivity contribution < 1.29 is 4.79 Å². The van der Waals surface area contributed by atoms with E-state index in [0.717, 1.165) is 5.56 Å². The van der Waals surface area contributed by atoms with E-state index in [-0.39, 0.29) is 23.7 Å². The number of carbonyl (C=O) groups is 1. The fourth-order valence-electron chi connectivity index (χ4n) is 1.58. The molecule has 1 atom stereocenters. The van der Waals surface area contributed by atoms with Gasteiger partial charge in [0, 0.05) is 19.4 Å². The van der Waals surface area contributed by atoms with Crippen LogP contribution in [0.15, 0.2) is 24.5 Å². The van der Waals surface area contributed by atoms with Crippen LogP contribution in [0.25, 0.3) is 0 Å². The summed E-state index contributed by atoms with van der Waals surface area (Å²) < 4.78 is 0. The summed E-state index contributed by atoms with van der Waals surface area (Å²) in [6.45, 7) is 1.92. The lowest BCUT2D eigenvalue weighted by molar-refractivity contribution is 0.0730. The molecule has 0 aliphatic rings. The molecular formula is C11H14N6O. The normalized spacial score (nSPS) is 12.1. The summed E-state index contributed by atoms with van der Waals surface area (Å²) in [6.07, 6.45) is 3.38. The predicted octanol–water partition coefficient (Wildman–Crippen LogP) is 0.615. The van der Waals surface area contributed by atoms with Gasteiger partial charge < -0.3 is 10.6 Å². The first-order chi connectivity index (χ1) is 8.59. The third-order valence-electron chi connectivity index (χ3n) is 2.80. The molecule has 1 unspecified atom stereocenters. The Morgan fingerprint density at radius 1 is 1.44 bits per heavy atom. The van der Waals surface area contributed by atoms with E-state index in [4.69, 9.17) is 5.73 Å². The highest BCUT2D eigenvalue weighted by Crippen LogP contribution is 2.18. The van der Waals surface area contributed by atoms with Crippen LogP contribution in [0, 0.1) is 0 Å². The van der Waals surface area contributed by atoms with Crippen molar-refractivity contribution in [2.45, 2.75) is 13.0 Å². The van der Waals surface area contributed by atoms with Crippen LogP contribution in [-0.4, -0.2) is 38.0 Å². The summed E-state index contributed by atoms with van der Waals surface area (Å²) in [5.41, 5.74) is 6.37. The van der Waals surface area contributed by atoms with Crippen molar-refractivity contribution in [3.63, 3.8) is 0 Å². The molecular weight excluding hydrogens is 232 g/mol. The molecule has 18 heavy (non-hydrogen) atoms. The van der Waals surface area contributed by atoms with Crippen LogP contribution < -0.4 is 5.73 Å². The van der Waals surface area contributed by atoms with E-state index < -0.39 is 0 Å². The zero-order chi connectivity index (χ0) is 13.1. The van der Waals surface area contributed by atoms with Crippen molar-refractivity contribution in [2.75, 3.05) is 12.8 Å². The number of H-pyrrole nitrogens is 1. The van der Waals surface area contributed by atoms with E-state index >= 15 is 0 Å². The number of aromatic amines is 1. The Labute approximate surface area is 104 Å². The van der Waals surface area contributed by atoms with Gasteiger partial charge in [-0.25, -0.2) is 0 Å². The quantitative estimate of drug-likeness (QED) is 0.826. The molecule has 0 bridgehead atoms. The van der Waals surface area contributed by atoms with Gasteiger partial charge in [-0.3, -0.25) is 14.9 Å². The van der Waals surface area contributed by atoms with E-state index in [1.807, 2.05) is 19.1 Å². The van der Waals surface area contributed by atoms with Gasteiger partial charge in [0.2, 0.25) is 11.8 Å². The summed E-state index contributed by atoms with van der Waals surface area (Å²) in [5, 5.41) is 6.14. The first-order valence-corrected chi connectivity index (χ1v) is 5.44. The highest BCUT2D eigenvalue weighted by atomic mass is 16.2. The number of nitrogens with zero attached hydrogens (tertiary/aromatic N) is 4. The first-order valence-electron chi connectivity index (χ1n) is 5.44. The molecule has 2 heterocycles. The Morgan fingerprint density at radius 3 is 2.67 bits per heavy atom. The van der Waals surface area contributed by atoms with Gasteiger partial charge in [-0.2, -0.15) is 4.98 Å². The molecule has 7 nitrogen and oxygen atoms in total. The number of carbonyl (C=O) groups excluding carboxylic acids is 1. The zero-order valence-corrected chi connectivity index (χ0v) is 10.2. The summed E-state index contributed by atoms with van der Waals surface area (Å²) in [7, 11) is 1.70. The second-order valence-electron chi connectivity index (χ2n) is 3.91. The predicted molar refractivity (Wildman–Crippen MR) is 65.5 cm³/mol.